The summed E-state index contributed by atoms with van der Waals surface area (Å²) in [5.74, 6) is -0.255. The van der Waals surface area contributed by atoms with Gasteiger partial charge in [0.15, 0.2) is 0 Å². The molecule has 0 N–H and O–H groups in total. The van der Waals surface area contributed by atoms with Gasteiger partial charge in [0.25, 0.3) is 0 Å². The third-order valence-corrected chi connectivity index (χ3v) is 3.90. The van der Waals surface area contributed by atoms with Crippen LogP contribution in [-0.4, -0.2) is 9.78 Å². The van der Waals surface area contributed by atoms with Gasteiger partial charge in [-0.15, -0.1) is 0 Å². The Bertz CT molecular complexity index is 707. The van der Waals surface area contributed by atoms with Crippen molar-refractivity contribution in [3.05, 3.63) is 64.5 Å². The second kappa shape index (κ2) is 5.13. The molecule has 19 heavy (non-hydrogen) atoms. The largest absolute Gasteiger partial charge is 0.271 e. The van der Waals surface area contributed by atoms with Crippen LogP contribution in [0, 0.1) is 5.82 Å². The van der Waals surface area contributed by atoms with Crippen LogP contribution in [0.25, 0.3) is 10.9 Å². The minimum Gasteiger partial charge on any atom is -0.271 e. The topological polar surface area (TPSA) is 17.8 Å². The Hall–Kier alpha value is -1.68. The van der Waals surface area contributed by atoms with E-state index >= 15 is 0 Å². The summed E-state index contributed by atoms with van der Waals surface area (Å²) in [5, 5.41) is 5.26. The molecule has 0 aliphatic heterocycles. The number of hydrogen-bond acceptors (Lipinski definition) is 1. The number of halogens is 2. The Labute approximate surface area is 119 Å². The van der Waals surface area contributed by atoms with Crippen molar-refractivity contribution >= 4 is 26.8 Å². The highest BCUT2D eigenvalue weighted by atomic mass is 79.9. The highest BCUT2D eigenvalue weighted by Crippen LogP contribution is 2.25. The molecule has 1 heterocycles. The van der Waals surface area contributed by atoms with E-state index in [1.54, 1.807) is 6.07 Å². The first-order valence-corrected chi connectivity index (χ1v) is 6.88. The van der Waals surface area contributed by atoms with E-state index in [2.05, 4.69) is 33.2 Å². The van der Waals surface area contributed by atoms with E-state index < -0.39 is 0 Å². The molecule has 96 valence electrons. The highest BCUT2D eigenvalue weighted by molar-refractivity contribution is 9.10. The third kappa shape index (κ3) is 2.54. The normalized spacial score (nSPS) is 11.1. The van der Waals surface area contributed by atoms with Gasteiger partial charge in [-0.1, -0.05) is 30.3 Å². The Kier molecular flexibility index (Phi) is 3.34. The molecule has 0 bridgehead atoms. The van der Waals surface area contributed by atoms with E-state index in [0.29, 0.717) is 4.47 Å². The molecule has 0 atom stereocenters. The zero-order valence-corrected chi connectivity index (χ0v) is 11.8. The molecule has 0 spiro atoms. The summed E-state index contributed by atoms with van der Waals surface area (Å²) in [6, 6.07) is 13.4. The molecule has 3 rings (SSSR count). The van der Waals surface area contributed by atoms with Gasteiger partial charge in [-0.3, -0.25) is 4.68 Å². The van der Waals surface area contributed by atoms with Crippen LogP contribution >= 0.6 is 15.9 Å². The molecule has 3 aromatic rings. The molecule has 4 heteroatoms. The number of aryl methyl sites for hydroxylation is 2. The van der Waals surface area contributed by atoms with Gasteiger partial charge in [-0.2, -0.15) is 5.10 Å². The van der Waals surface area contributed by atoms with E-state index in [9.17, 15) is 4.39 Å². The van der Waals surface area contributed by atoms with Gasteiger partial charge in [-0.25, -0.2) is 4.39 Å². The summed E-state index contributed by atoms with van der Waals surface area (Å²) >= 11 is 3.26. The van der Waals surface area contributed by atoms with Crippen molar-refractivity contribution in [3.8, 4) is 0 Å². The van der Waals surface area contributed by atoms with Crippen LogP contribution in [0.2, 0.25) is 0 Å². The molecule has 1 aromatic heterocycles. The number of benzene rings is 2. The monoisotopic (exact) mass is 318 g/mol. The van der Waals surface area contributed by atoms with E-state index in [1.165, 1.54) is 11.6 Å². The molecule has 0 saturated heterocycles. The second-order valence-corrected chi connectivity index (χ2v) is 5.21. The van der Waals surface area contributed by atoms with E-state index in [-0.39, 0.29) is 5.82 Å². The van der Waals surface area contributed by atoms with Crippen LogP contribution in [-0.2, 0) is 13.0 Å². The minimum atomic E-state index is -0.255. The Morgan fingerprint density at radius 2 is 1.89 bits per heavy atom. The average Bonchev–Trinajstić information content (AvgIpc) is 2.86. The molecular weight excluding hydrogens is 307 g/mol. The first-order chi connectivity index (χ1) is 9.24. The Morgan fingerprint density at radius 1 is 1.11 bits per heavy atom. The van der Waals surface area contributed by atoms with Crippen molar-refractivity contribution in [1.82, 2.24) is 9.78 Å². The van der Waals surface area contributed by atoms with Gasteiger partial charge in [-0.05, 0) is 40.0 Å². The van der Waals surface area contributed by atoms with E-state index in [0.717, 1.165) is 23.9 Å². The number of nitrogens with zero attached hydrogens (tertiary/aromatic N) is 2. The minimum absolute atomic E-state index is 0.255. The maximum atomic E-state index is 13.4. The fourth-order valence-corrected chi connectivity index (χ4v) is 2.52. The molecule has 0 unspecified atom stereocenters. The number of rotatable bonds is 3. The zero-order valence-electron chi connectivity index (χ0n) is 10.2. The van der Waals surface area contributed by atoms with E-state index in [4.69, 9.17) is 0 Å². The Morgan fingerprint density at radius 3 is 2.68 bits per heavy atom. The lowest BCUT2D eigenvalue weighted by Crippen LogP contribution is -2.01. The molecule has 0 amide bonds. The lowest BCUT2D eigenvalue weighted by molar-refractivity contribution is 0.621. The van der Waals surface area contributed by atoms with Gasteiger partial charge < -0.3 is 0 Å². The van der Waals surface area contributed by atoms with E-state index in [1.807, 2.05) is 29.1 Å². The van der Waals surface area contributed by atoms with Gasteiger partial charge in [0.05, 0.1) is 9.99 Å². The van der Waals surface area contributed by atoms with Gasteiger partial charge in [0.1, 0.15) is 5.82 Å². The SMILES string of the molecule is Fc1ccc2nn(CCc3ccccc3)cc2c1Br. The molecule has 0 saturated carbocycles. The third-order valence-electron chi connectivity index (χ3n) is 3.10. The molecular formula is C15H12BrFN2. The maximum absolute atomic E-state index is 13.4. The fraction of sp³-hybridized carbons (Fsp3) is 0.133. The van der Waals surface area contributed by atoms with Crippen molar-refractivity contribution < 1.29 is 4.39 Å². The van der Waals surface area contributed by atoms with Crippen LogP contribution in [0.15, 0.2) is 53.1 Å². The molecule has 2 nitrogen and oxygen atoms in total. The lowest BCUT2D eigenvalue weighted by Gasteiger charge is -2.01. The quantitative estimate of drug-likeness (QED) is 0.708. The predicted octanol–water partition coefficient (Wildman–Crippen LogP) is 4.18. The van der Waals surface area contributed by atoms with Crippen molar-refractivity contribution in [2.75, 3.05) is 0 Å². The van der Waals surface area contributed by atoms with Gasteiger partial charge >= 0.3 is 0 Å². The zero-order chi connectivity index (χ0) is 13.2. The van der Waals surface area contributed by atoms with Crippen molar-refractivity contribution in [2.45, 2.75) is 13.0 Å². The summed E-state index contributed by atoms with van der Waals surface area (Å²) < 4.78 is 15.8. The number of aromatic nitrogens is 2. The maximum Gasteiger partial charge on any atom is 0.138 e. The molecule has 0 aliphatic rings. The van der Waals surface area contributed by atoms with Crippen LogP contribution < -0.4 is 0 Å². The molecule has 0 fully saturated rings. The van der Waals surface area contributed by atoms with Crippen molar-refractivity contribution in [2.24, 2.45) is 0 Å². The lowest BCUT2D eigenvalue weighted by atomic mass is 10.1. The van der Waals surface area contributed by atoms with Gasteiger partial charge in [0, 0.05) is 18.1 Å². The highest BCUT2D eigenvalue weighted by Gasteiger charge is 2.08. The molecule has 0 radical (unpaired) electrons. The van der Waals surface area contributed by atoms with Crippen LogP contribution in [0.4, 0.5) is 4.39 Å². The predicted molar refractivity (Wildman–Crippen MR) is 77.5 cm³/mol. The first kappa shape index (κ1) is 12.4. The van der Waals surface area contributed by atoms with Crippen molar-refractivity contribution in [1.29, 1.82) is 0 Å². The fourth-order valence-electron chi connectivity index (χ4n) is 2.09. The summed E-state index contributed by atoms with van der Waals surface area (Å²) in [6.45, 7) is 0.784. The smallest absolute Gasteiger partial charge is 0.138 e. The summed E-state index contributed by atoms with van der Waals surface area (Å²) in [4.78, 5) is 0. The van der Waals surface area contributed by atoms with Crippen LogP contribution in [0.1, 0.15) is 5.56 Å². The summed E-state index contributed by atoms with van der Waals surface area (Å²) in [6.07, 6.45) is 2.79. The second-order valence-electron chi connectivity index (χ2n) is 4.42. The number of fused-ring (bicyclic) bond motifs is 1. The standard InChI is InChI=1S/C15H12BrFN2/c16-15-12-10-19(18-14(12)7-6-13(15)17)9-8-11-4-2-1-3-5-11/h1-7,10H,8-9H2. The van der Waals surface area contributed by atoms with Gasteiger partial charge in [0.2, 0.25) is 0 Å². The Balaban J connectivity index is 1.84. The van der Waals surface area contributed by atoms with Crippen LogP contribution in [0.3, 0.4) is 0 Å². The average molecular weight is 319 g/mol. The summed E-state index contributed by atoms with van der Waals surface area (Å²) in [5.41, 5.74) is 2.08. The van der Waals surface area contributed by atoms with Crippen LogP contribution in [0.5, 0.6) is 0 Å². The molecule has 0 aliphatic carbocycles. The first-order valence-electron chi connectivity index (χ1n) is 6.09. The van der Waals surface area contributed by atoms with Crippen molar-refractivity contribution in [3.63, 3.8) is 0 Å². The number of hydrogen-bond donors (Lipinski definition) is 0. The molecule has 2 aromatic carbocycles. The summed E-state index contributed by atoms with van der Waals surface area (Å²) in [7, 11) is 0.